The first-order valence-corrected chi connectivity index (χ1v) is 24.3. The number of hydrogen-bond donors (Lipinski definition) is 0. The van der Waals surface area contributed by atoms with E-state index in [-0.39, 0.29) is 10.8 Å². The second kappa shape index (κ2) is 15.2. The lowest BCUT2D eigenvalue weighted by Gasteiger charge is -2.26. The minimum atomic E-state index is -0.0617. The van der Waals surface area contributed by atoms with Crippen molar-refractivity contribution in [3.05, 3.63) is 229 Å². The maximum atomic E-state index is 4.03. The molecule has 0 spiro atoms. The summed E-state index contributed by atoms with van der Waals surface area (Å²) in [5.41, 5.74) is 19.8. The molecule has 12 rings (SSSR count). The Morgan fingerprint density at radius 3 is 1.18 bits per heavy atom. The molecule has 2 aromatic heterocycles. The summed E-state index contributed by atoms with van der Waals surface area (Å²) >= 11 is 3.70. The first kappa shape index (κ1) is 40.3. The van der Waals surface area contributed by atoms with Crippen LogP contribution in [0.15, 0.2) is 195 Å². The second-order valence-corrected chi connectivity index (χ2v) is 20.9. The minimum Gasteiger partial charge on any atom is -0.302 e. The molecule has 2 heterocycles. The second-order valence-electron chi connectivity index (χ2n) is 18.7. The maximum absolute atomic E-state index is 4.03. The molecule has 8 aromatic carbocycles. The van der Waals surface area contributed by atoms with Crippen molar-refractivity contribution < 1.29 is 0 Å². The van der Waals surface area contributed by atoms with E-state index in [1.807, 2.05) is 34.8 Å². The third-order valence-electron chi connectivity index (χ3n) is 14.2. The molecule has 0 saturated heterocycles. The zero-order chi connectivity index (χ0) is 44.9. The highest BCUT2D eigenvalue weighted by atomic mass is 32.1. The highest BCUT2D eigenvalue weighted by molar-refractivity contribution is 7.24. The molecule has 4 heteroatoms. The van der Waals surface area contributed by atoms with E-state index in [1.165, 1.54) is 85.8 Å². The number of rotatable bonds is 9. The fourth-order valence-corrected chi connectivity index (χ4v) is 12.9. The lowest BCUT2D eigenvalue weighted by atomic mass is 9.82. The summed E-state index contributed by atoms with van der Waals surface area (Å²) in [4.78, 5) is 4.88. The van der Waals surface area contributed by atoms with Crippen molar-refractivity contribution in [1.29, 1.82) is 0 Å². The highest BCUT2D eigenvalue weighted by Gasteiger charge is 2.37. The van der Waals surface area contributed by atoms with Crippen LogP contribution in [0.3, 0.4) is 0 Å². The molecule has 0 fully saturated rings. The topological polar surface area (TPSA) is 6.48 Å². The van der Waals surface area contributed by atoms with Crippen molar-refractivity contribution >= 4 is 87.7 Å². The van der Waals surface area contributed by atoms with E-state index in [2.05, 4.69) is 233 Å². The van der Waals surface area contributed by atoms with Crippen LogP contribution in [0.1, 0.15) is 61.1 Å². The summed E-state index contributed by atoms with van der Waals surface area (Å²) in [5, 5.41) is 4.85. The van der Waals surface area contributed by atoms with Crippen molar-refractivity contribution in [1.82, 2.24) is 0 Å². The summed E-state index contributed by atoms with van der Waals surface area (Å²) in [6, 6.07) is 67.9. The number of anilines is 6. The van der Waals surface area contributed by atoms with Crippen LogP contribution in [0.25, 0.3) is 65.7 Å². The highest BCUT2D eigenvalue weighted by Crippen LogP contribution is 2.54. The molecule has 0 radical (unpaired) electrons. The van der Waals surface area contributed by atoms with Crippen LogP contribution in [0.5, 0.6) is 0 Å². The SMILES string of the molecule is C=Cc1ccc(-c2ccc(N(c3ccc4c(c3)-c3ccccc3C4(C)C)c3cc4cc5sc(N(c6ccc(C=C)cc6)c6ccc7c(c6)-c6ccccc6C7(C)C)cc5cc4s3)cc2)cc1. The number of hydrogen-bond acceptors (Lipinski definition) is 4. The molecule has 0 saturated carbocycles. The van der Waals surface area contributed by atoms with Crippen molar-refractivity contribution in [3.8, 4) is 33.4 Å². The molecule has 2 nitrogen and oxygen atoms in total. The Hall–Kier alpha value is -7.24. The van der Waals surface area contributed by atoms with Gasteiger partial charge in [0.15, 0.2) is 0 Å². The molecule has 0 aliphatic heterocycles. The minimum absolute atomic E-state index is 0.0522. The Kier molecular flexibility index (Phi) is 9.26. The smallest absolute Gasteiger partial charge is 0.101 e. The van der Waals surface area contributed by atoms with Crippen LogP contribution in [-0.2, 0) is 10.8 Å². The van der Waals surface area contributed by atoms with Gasteiger partial charge < -0.3 is 9.80 Å². The molecule has 0 bridgehead atoms. The summed E-state index contributed by atoms with van der Waals surface area (Å²) in [5.74, 6) is 0. The molecule has 10 aromatic rings. The lowest BCUT2D eigenvalue weighted by Crippen LogP contribution is -2.15. The monoisotopic (exact) mass is 884 g/mol. The van der Waals surface area contributed by atoms with Crippen LogP contribution in [0.2, 0.25) is 0 Å². The molecule has 2 aliphatic carbocycles. The van der Waals surface area contributed by atoms with E-state index < -0.39 is 0 Å². The van der Waals surface area contributed by atoms with E-state index in [0.29, 0.717) is 0 Å². The summed E-state index contributed by atoms with van der Waals surface area (Å²) < 4.78 is 2.52. The quantitative estimate of drug-likeness (QED) is 0.142. The fourth-order valence-electron chi connectivity index (χ4n) is 10.6. The van der Waals surface area contributed by atoms with Crippen LogP contribution in [0.4, 0.5) is 32.8 Å². The third kappa shape index (κ3) is 6.35. The fraction of sp³-hybridized carbons (Fsp3) is 0.0968. The Balaban J connectivity index is 0.966. The predicted octanol–water partition coefficient (Wildman–Crippen LogP) is 18.6. The molecule has 0 amide bonds. The Morgan fingerprint density at radius 1 is 0.379 bits per heavy atom. The number of benzene rings is 8. The predicted molar refractivity (Wildman–Crippen MR) is 287 cm³/mol. The Labute approximate surface area is 395 Å². The van der Waals surface area contributed by atoms with Crippen LogP contribution in [0, 0.1) is 0 Å². The first-order valence-electron chi connectivity index (χ1n) is 22.7. The molecule has 318 valence electrons. The van der Waals surface area contributed by atoms with Crippen LogP contribution >= 0.6 is 22.7 Å². The van der Waals surface area contributed by atoms with Gasteiger partial charge in [-0.2, -0.15) is 0 Å². The van der Waals surface area contributed by atoms with Crippen LogP contribution in [-0.4, -0.2) is 0 Å². The van der Waals surface area contributed by atoms with Gasteiger partial charge in [-0.05, 0) is 150 Å². The van der Waals surface area contributed by atoms with Gasteiger partial charge in [0.25, 0.3) is 0 Å². The zero-order valence-electron chi connectivity index (χ0n) is 37.6. The van der Waals surface area contributed by atoms with Gasteiger partial charge in [0.05, 0.1) is 0 Å². The van der Waals surface area contributed by atoms with E-state index in [9.17, 15) is 0 Å². The van der Waals surface area contributed by atoms with E-state index >= 15 is 0 Å². The molecular formula is C62H48N2S2. The molecule has 0 atom stereocenters. The number of thiophene rings is 2. The third-order valence-corrected chi connectivity index (χ3v) is 16.4. The van der Waals surface area contributed by atoms with Gasteiger partial charge in [-0.15, -0.1) is 22.7 Å². The largest absolute Gasteiger partial charge is 0.302 e. The summed E-state index contributed by atoms with van der Waals surface area (Å²) in [7, 11) is 0. The van der Waals surface area contributed by atoms with Crippen molar-refractivity contribution in [3.63, 3.8) is 0 Å². The van der Waals surface area contributed by atoms with Gasteiger partial charge in [0.2, 0.25) is 0 Å². The van der Waals surface area contributed by atoms with Gasteiger partial charge in [0.1, 0.15) is 10.0 Å². The van der Waals surface area contributed by atoms with Gasteiger partial charge in [0, 0.05) is 43.0 Å². The standard InChI is InChI=1S/C62H48N2S2/c1-7-39-17-21-41(22-18-39)42-23-27-46(28-24-42)64(48-30-32-56-52(38-48)50-14-10-12-16-54(50)62(56,5)6)60-36-44-34-57-43(33-58(44)66-60)35-59(65-57)63(45-25-19-40(8-2)20-26-45)47-29-31-55-51(37-47)49-13-9-11-15-53(49)61(55,3)4/h7-38H,1-2H2,3-6H3. The Bertz CT molecular complexity index is 3510. The van der Waals surface area contributed by atoms with Crippen molar-refractivity contribution in [2.75, 3.05) is 9.80 Å². The number of fused-ring (bicyclic) bond motifs is 8. The maximum Gasteiger partial charge on any atom is 0.101 e. The van der Waals surface area contributed by atoms with Gasteiger partial charge in [-0.3, -0.25) is 0 Å². The molecular weight excluding hydrogens is 837 g/mol. The van der Waals surface area contributed by atoms with Gasteiger partial charge in [-0.1, -0.05) is 162 Å². The number of nitrogens with zero attached hydrogens (tertiary/aromatic N) is 2. The lowest BCUT2D eigenvalue weighted by molar-refractivity contribution is 0.660. The zero-order valence-corrected chi connectivity index (χ0v) is 39.2. The van der Waals surface area contributed by atoms with Crippen LogP contribution < -0.4 is 9.80 Å². The average molecular weight is 885 g/mol. The first-order chi connectivity index (χ1) is 32.1. The molecule has 0 unspecified atom stereocenters. The van der Waals surface area contributed by atoms with E-state index in [0.717, 1.165) is 33.9 Å². The van der Waals surface area contributed by atoms with Gasteiger partial charge in [-0.25, -0.2) is 0 Å². The molecule has 2 aliphatic rings. The normalized spacial score (nSPS) is 13.8. The molecule has 66 heavy (non-hydrogen) atoms. The van der Waals surface area contributed by atoms with E-state index in [1.54, 1.807) is 0 Å². The van der Waals surface area contributed by atoms with Crippen molar-refractivity contribution in [2.45, 2.75) is 38.5 Å². The van der Waals surface area contributed by atoms with Gasteiger partial charge >= 0.3 is 0 Å². The van der Waals surface area contributed by atoms with E-state index in [4.69, 9.17) is 0 Å². The van der Waals surface area contributed by atoms with Crippen molar-refractivity contribution in [2.24, 2.45) is 0 Å². The Morgan fingerprint density at radius 2 is 0.742 bits per heavy atom. The average Bonchev–Trinajstić information content (AvgIpc) is 4.07. The summed E-state index contributed by atoms with van der Waals surface area (Å²) in [6.07, 6.45) is 3.80. The summed E-state index contributed by atoms with van der Waals surface area (Å²) in [6.45, 7) is 17.4. The molecule has 0 N–H and O–H groups in total.